The third-order valence-electron chi connectivity index (χ3n) is 5.06. The van der Waals surface area contributed by atoms with E-state index < -0.39 is 0 Å². The smallest absolute Gasteiger partial charge is 0.170 e. The van der Waals surface area contributed by atoms with Crippen LogP contribution >= 0.6 is 24.0 Å². The van der Waals surface area contributed by atoms with Crippen molar-refractivity contribution in [2.24, 2.45) is 11.8 Å². The van der Waals surface area contributed by atoms with Crippen LogP contribution < -0.4 is 10.6 Å². The van der Waals surface area contributed by atoms with Crippen LogP contribution in [0, 0.1) is 11.8 Å². The fourth-order valence-corrected chi connectivity index (χ4v) is 4.41. The van der Waals surface area contributed by atoms with Gasteiger partial charge in [0.1, 0.15) is 0 Å². The molecule has 0 radical (unpaired) electrons. The molecule has 2 bridgehead atoms. The molecule has 3 fully saturated rings. The highest BCUT2D eigenvalue weighted by Crippen LogP contribution is 2.36. The molecular weight excluding hydrogens is 322 g/mol. The minimum Gasteiger partial charge on any atom is -0.361 e. The van der Waals surface area contributed by atoms with E-state index in [0.717, 1.165) is 24.7 Å². The molecule has 0 aromatic heterocycles. The van der Waals surface area contributed by atoms with Crippen molar-refractivity contribution in [2.45, 2.75) is 23.8 Å². The standard InChI is InChI=1S/C18H25N3S2/c1-3-13-12-21-8-7-14(13)9-16(21)11-19-18(22)20-15-5-4-6-17(10-15)23-2/h3-6,10,13-14,16H,1,7-9,11-12H2,2H3,(H2,19,20,22). The molecular formula is C18H25N3S2. The molecule has 3 nitrogen and oxygen atoms in total. The Bertz CT molecular complexity index is 575. The van der Waals surface area contributed by atoms with Crippen LogP contribution in [0.15, 0.2) is 41.8 Å². The molecule has 2 N–H and O–H groups in total. The lowest BCUT2D eigenvalue weighted by Gasteiger charge is -2.49. The summed E-state index contributed by atoms with van der Waals surface area (Å²) in [5.41, 5.74) is 1.05. The van der Waals surface area contributed by atoms with Crippen molar-refractivity contribution < 1.29 is 0 Å². The Morgan fingerprint density at radius 3 is 3.09 bits per heavy atom. The quantitative estimate of drug-likeness (QED) is 0.482. The van der Waals surface area contributed by atoms with Crippen molar-refractivity contribution in [1.29, 1.82) is 0 Å². The molecule has 0 saturated carbocycles. The maximum Gasteiger partial charge on any atom is 0.170 e. The Balaban J connectivity index is 1.49. The SMILES string of the molecule is C=CC1CN2CCC1CC2CNC(=S)Nc1cccc(SC)c1. The third-order valence-corrected chi connectivity index (χ3v) is 6.03. The van der Waals surface area contributed by atoms with Crippen molar-refractivity contribution >= 4 is 34.8 Å². The lowest BCUT2D eigenvalue weighted by atomic mass is 9.76. The van der Waals surface area contributed by atoms with E-state index >= 15 is 0 Å². The summed E-state index contributed by atoms with van der Waals surface area (Å²) < 4.78 is 0. The Hall–Kier alpha value is -1.04. The number of hydrogen-bond donors (Lipinski definition) is 2. The van der Waals surface area contributed by atoms with Gasteiger partial charge in [-0.15, -0.1) is 18.3 Å². The summed E-state index contributed by atoms with van der Waals surface area (Å²) >= 11 is 7.19. The van der Waals surface area contributed by atoms with Gasteiger partial charge >= 0.3 is 0 Å². The van der Waals surface area contributed by atoms with E-state index in [2.05, 4.69) is 58.7 Å². The molecule has 1 aromatic carbocycles. The molecule has 0 spiro atoms. The summed E-state index contributed by atoms with van der Waals surface area (Å²) in [6.07, 6.45) is 6.80. The van der Waals surface area contributed by atoms with Gasteiger partial charge in [-0.25, -0.2) is 0 Å². The Morgan fingerprint density at radius 2 is 2.39 bits per heavy atom. The second-order valence-electron chi connectivity index (χ2n) is 6.40. The van der Waals surface area contributed by atoms with E-state index in [-0.39, 0.29) is 0 Å². The number of thiocarbonyl (C=S) groups is 1. The molecule has 23 heavy (non-hydrogen) atoms. The van der Waals surface area contributed by atoms with Gasteiger partial charge in [-0.2, -0.15) is 0 Å². The van der Waals surface area contributed by atoms with Crippen LogP contribution in [0.25, 0.3) is 0 Å². The number of fused-ring (bicyclic) bond motifs is 3. The first-order chi connectivity index (χ1) is 11.2. The zero-order chi connectivity index (χ0) is 16.2. The van der Waals surface area contributed by atoms with Crippen LogP contribution in [-0.2, 0) is 0 Å². The van der Waals surface area contributed by atoms with E-state index in [1.807, 2.05) is 0 Å². The van der Waals surface area contributed by atoms with Crippen LogP contribution in [0.3, 0.4) is 0 Å². The highest BCUT2D eigenvalue weighted by atomic mass is 32.2. The third kappa shape index (κ3) is 4.08. The highest BCUT2D eigenvalue weighted by molar-refractivity contribution is 7.98. The molecule has 4 atom stereocenters. The molecule has 4 rings (SSSR count). The molecule has 5 heteroatoms. The average molecular weight is 348 g/mol. The predicted molar refractivity (Wildman–Crippen MR) is 104 cm³/mol. The fraction of sp³-hybridized carbons (Fsp3) is 0.500. The molecule has 3 saturated heterocycles. The lowest BCUT2D eigenvalue weighted by Crippen LogP contribution is -2.56. The highest BCUT2D eigenvalue weighted by Gasteiger charge is 2.38. The summed E-state index contributed by atoms with van der Waals surface area (Å²) in [4.78, 5) is 3.83. The molecule has 3 heterocycles. The normalized spacial score (nSPS) is 29.1. The number of thioether (sulfide) groups is 1. The van der Waals surface area contributed by atoms with Gasteiger partial charge in [0.15, 0.2) is 5.11 Å². The first kappa shape index (κ1) is 16.8. The molecule has 124 valence electrons. The molecule has 1 aromatic rings. The van der Waals surface area contributed by atoms with Gasteiger partial charge in [0.25, 0.3) is 0 Å². The summed E-state index contributed by atoms with van der Waals surface area (Å²) in [6, 6.07) is 8.93. The lowest BCUT2D eigenvalue weighted by molar-refractivity contribution is 0.0215. The number of anilines is 1. The molecule has 4 unspecified atom stereocenters. The largest absolute Gasteiger partial charge is 0.361 e. The topological polar surface area (TPSA) is 27.3 Å². The molecule has 3 aliphatic heterocycles. The van der Waals surface area contributed by atoms with Crippen molar-refractivity contribution in [3.8, 4) is 0 Å². The van der Waals surface area contributed by atoms with Gasteiger partial charge < -0.3 is 10.6 Å². The number of piperidine rings is 3. The van der Waals surface area contributed by atoms with Crippen LogP contribution in [0.4, 0.5) is 5.69 Å². The van der Waals surface area contributed by atoms with Crippen molar-refractivity contribution in [1.82, 2.24) is 10.2 Å². The van der Waals surface area contributed by atoms with Crippen LogP contribution in [0.2, 0.25) is 0 Å². The van der Waals surface area contributed by atoms with Gasteiger partial charge in [-0.3, -0.25) is 4.90 Å². The van der Waals surface area contributed by atoms with Crippen molar-refractivity contribution in [2.75, 3.05) is 31.2 Å². The zero-order valence-corrected chi connectivity index (χ0v) is 15.3. The van der Waals surface area contributed by atoms with Crippen LogP contribution in [0.5, 0.6) is 0 Å². The molecule has 0 aliphatic carbocycles. The summed E-state index contributed by atoms with van der Waals surface area (Å²) in [5.74, 6) is 1.49. The van der Waals surface area contributed by atoms with Gasteiger partial charge in [-0.05, 0) is 67.9 Å². The minimum absolute atomic E-state index is 0.599. The number of rotatable bonds is 5. The number of nitrogens with zero attached hydrogens (tertiary/aromatic N) is 1. The number of benzene rings is 1. The van der Waals surface area contributed by atoms with E-state index in [1.165, 1.54) is 24.3 Å². The van der Waals surface area contributed by atoms with E-state index in [1.54, 1.807) is 11.8 Å². The predicted octanol–water partition coefficient (Wildman–Crippen LogP) is 3.59. The van der Waals surface area contributed by atoms with Crippen LogP contribution in [0.1, 0.15) is 12.8 Å². The summed E-state index contributed by atoms with van der Waals surface area (Å²) in [5, 5.41) is 7.41. The number of hydrogen-bond acceptors (Lipinski definition) is 3. The maximum atomic E-state index is 5.45. The van der Waals surface area contributed by atoms with Crippen molar-refractivity contribution in [3.05, 3.63) is 36.9 Å². The Kier molecular flexibility index (Phi) is 5.62. The van der Waals surface area contributed by atoms with Gasteiger partial charge in [0.2, 0.25) is 0 Å². The Labute approximate surface area is 148 Å². The summed E-state index contributed by atoms with van der Waals surface area (Å²) in [7, 11) is 0. The Morgan fingerprint density at radius 1 is 1.52 bits per heavy atom. The first-order valence-electron chi connectivity index (χ1n) is 8.25. The summed E-state index contributed by atoms with van der Waals surface area (Å²) in [6.45, 7) is 7.30. The fourth-order valence-electron chi connectivity index (χ4n) is 3.75. The monoisotopic (exact) mass is 347 g/mol. The molecule has 0 amide bonds. The average Bonchev–Trinajstić information content (AvgIpc) is 2.60. The first-order valence-corrected chi connectivity index (χ1v) is 9.88. The van der Waals surface area contributed by atoms with Crippen LogP contribution in [-0.4, -0.2) is 41.9 Å². The maximum absolute atomic E-state index is 5.45. The second-order valence-corrected chi connectivity index (χ2v) is 7.69. The van der Waals surface area contributed by atoms with E-state index in [0.29, 0.717) is 17.1 Å². The van der Waals surface area contributed by atoms with Crippen molar-refractivity contribution in [3.63, 3.8) is 0 Å². The van der Waals surface area contributed by atoms with Gasteiger partial charge in [0.05, 0.1) is 0 Å². The van der Waals surface area contributed by atoms with E-state index in [9.17, 15) is 0 Å². The second kappa shape index (κ2) is 7.69. The van der Waals surface area contributed by atoms with Gasteiger partial charge in [0, 0.05) is 29.7 Å². The van der Waals surface area contributed by atoms with E-state index in [4.69, 9.17) is 12.2 Å². The molecule has 3 aliphatic rings. The van der Waals surface area contributed by atoms with Gasteiger partial charge in [-0.1, -0.05) is 12.1 Å². The number of nitrogens with one attached hydrogen (secondary N) is 2. The minimum atomic E-state index is 0.599. The zero-order valence-electron chi connectivity index (χ0n) is 13.6.